The fourth-order valence-electron chi connectivity index (χ4n) is 1.49. The molecule has 0 radical (unpaired) electrons. The van der Waals surface area contributed by atoms with E-state index in [2.05, 4.69) is 16.9 Å². The van der Waals surface area contributed by atoms with Gasteiger partial charge in [-0.15, -0.1) is 11.7 Å². The Morgan fingerprint density at radius 3 is 3.00 bits per heavy atom. The molecular weight excluding hydrogens is 218 g/mol. The molecular formula is C11H19N5O. The first-order valence-corrected chi connectivity index (χ1v) is 5.69. The highest BCUT2D eigenvalue weighted by Crippen LogP contribution is 1.97. The molecule has 0 aliphatic rings. The van der Waals surface area contributed by atoms with Gasteiger partial charge in [-0.25, -0.2) is 4.68 Å². The van der Waals surface area contributed by atoms with Crippen molar-refractivity contribution < 1.29 is 4.79 Å². The second-order valence-corrected chi connectivity index (χ2v) is 3.74. The summed E-state index contributed by atoms with van der Waals surface area (Å²) in [5.74, 6) is 0.0141. The zero-order valence-electron chi connectivity index (χ0n) is 10.2. The van der Waals surface area contributed by atoms with Crippen molar-refractivity contribution in [3.8, 4) is 0 Å². The molecule has 0 spiro atoms. The number of carbonyl (C=O) groups excluding carboxylic acids is 1. The lowest BCUT2D eigenvalue weighted by Gasteiger charge is -2.19. The van der Waals surface area contributed by atoms with E-state index in [4.69, 9.17) is 5.73 Å². The van der Waals surface area contributed by atoms with Crippen LogP contribution in [0.3, 0.4) is 0 Å². The third kappa shape index (κ3) is 3.99. The third-order valence-electron chi connectivity index (χ3n) is 2.29. The van der Waals surface area contributed by atoms with E-state index in [9.17, 15) is 4.79 Å². The minimum Gasteiger partial charge on any atom is -0.337 e. The van der Waals surface area contributed by atoms with Crippen molar-refractivity contribution in [3.05, 3.63) is 24.5 Å². The molecule has 17 heavy (non-hydrogen) atoms. The molecule has 0 unspecified atom stereocenters. The second-order valence-electron chi connectivity index (χ2n) is 3.74. The van der Waals surface area contributed by atoms with Crippen LogP contribution in [-0.2, 0) is 17.9 Å². The standard InChI is InChI=1S/C11H19N5O/c1-3-5-15(6-4-2)11(17)9-16-8-10(7-12)13-14-16/h3,8H,1,4-7,9,12H2,2H3. The van der Waals surface area contributed by atoms with Gasteiger partial charge in [-0.3, -0.25) is 4.79 Å². The van der Waals surface area contributed by atoms with Gasteiger partial charge in [0, 0.05) is 19.6 Å². The summed E-state index contributed by atoms with van der Waals surface area (Å²) in [5, 5.41) is 7.68. The van der Waals surface area contributed by atoms with Gasteiger partial charge in [0.25, 0.3) is 0 Å². The summed E-state index contributed by atoms with van der Waals surface area (Å²) < 4.78 is 1.51. The van der Waals surface area contributed by atoms with E-state index < -0.39 is 0 Å². The molecule has 0 saturated heterocycles. The van der Waals surface area contributed by atoms with Crippen molar-refractivity contribution in [2.75, 3.05) is 13.1 Å². The predicted octanol–water partition coefficient (Wildman–Crippen LogP) is 0.161. The summed E-state index contributed by atoms with van der Waals surface area (Å²) in [6.07, 6.45) is 4.33. The lowest BCUT2D eigenvalue weighted by Crippen LogP contribution is -2.34. The molecule has 1 aromatic rings. The quantitative estimate of drug-likeness (QED) is 0.685. The fourth-order valence-corrected chi connectivity index (χ4v) is 1.49. The highest BCUT2D eigenvalue weighted by Gasteiger charge is 2.12. The fraction of sp³-hybridized carbons (Fsp3) is 0.545. The number of aromatic nitrogens is 3. The number of nitrogens with two attached hydrogens (primary N) is 1. The zero-order valence-corrected chi connectivity index (χ0v) is 10.2. The zero-order chi connectivity index (χ0) is 12.7. The third-order valence-corrected chi connectivity index (χ3v) is 2.29. The molecule has 0 aromatic carbocycles. The Balaban J connectivity index is 2.58. The molecule has 0 saturated carbocycles. The molecule has 1 amide bonds. The van der Waals surface area contributed by atoms with Gasteiger partial charge >= 0.3 is 0 Å². The van der Waals surface area contributed by atoms with Crippen LogP contribution in [0.4, 0.5) is 0 Å². The van der Waals surface area contributed by atoms with Crippen LogP contribution in [0.15, 0.2) is 18.9 Å². The van der Waals surface area contributed by atoms with Gasteiger partial charge in [0.2, 0.25) is 5.91 Å². The second kappa shape index (κ2) is 6.80. The van der Waals surface area contributed by atoms with Gasteiger partial charge < -0.3 is 10.6 Å². The van der Waals surface area contributed by atoms with Gasteiger partial charge in [-0.05, 0) is 6.42 Å². The maximum Gasteiger partial charge on any atom is 0.244 e. The maximum atomic E-state index is 11.9. The number of amides is 1. The van der Waals surface area contributed by atoms with E-state index in [1.165, 1.54) is 4.68 Å². The monoisotopic (exact) mass is 237 g/mol. The van der Waals surface area contributed by atoms with E-state index in [1.54, 1.807) is 17.2 Å². The molecule has 1 aromatic heterocycles. The summed E-state index contributed by atoms with van der Waals surface area (Å²) in [4.78, 5) is 13.7. The van der Waals surface area contributed by atoms with Crippen LogP contribution < -0.4 is 5.73 Å². The van der Waals surface area contributed by atoms with Crippen molar-refractivity contribution in [3.63, 3.8) is 0 Å². The Morgan fingerprint density at radius 1 is 1.71 bits per heavy atom. The normalized spacial score (nSPS) is 10.2. The lowest BCUT2D eigenvalue weighted by atomic mass is 10.3. The predicted molar refractivity (Wildman–Crippen MR) is 65.0 cm³/mol. The van der Waals surface area contributed by atoms with Crippen LogP contribution in [0.1, 0.15) is 19.0 Å². The Labute approximate surface area is 101 Å². The van der Waals surface area contributed by atoms with Crippen molar-refractivity contribution in [1.29, 1.82) is 0 Å². The molecule has 0 aliphatic heterocycles. The smallest absolute Gasteiger partial charge is 0.244 e. The molecule has 0 aliphatic carbocycles. The van der Waals surface area contributed by atoms with E-state index in [0.29, 0.717) is 18.8 Å². The summed E-state index contributed by atoms with van der Waals surface area (Å²) in [7, 11) is 0. The van der Waals surface area contributed by atoms with Gasteiger partial charge in [-0.1, -0.05) is 18.2 Å². The van der Waals surface area contributed by atoms with Gasteiger partial charge in [0.1, 0.15) is 6.54 Å². The minimum atomic E-state index is 0.0141. The van der Waals surface area contributed by atoms with E-state index in [0.717, 1.165) is 13.0 Å². The number of rotatable bonds is 7. The first-order valence-electron chi connectivity index (χ1n) is 5.69. The van der Waals surface area contributed by atoms with Crippen LogP contribution in [-0.4, -0.2) is 38.9 Å². The first-order chi connectivity index (χ1) is 8.21. The van der Waals surface area contributed by atoms with Gasteiger partial charge in [0.05, 0.1) is 11.9 Å². The largest absolute Gasteiger partial charge is 0.337 e. The summed E-state index contributed by atoms with van der Waals surface area (Å²) in [6.45, 7) is 7.49. The lowest BCUT2D eigenvalue weighted by molar-refractivity contribution is -0.131. The molecule has 2 N–H and O–H groups in total. The van der Waals surface area contributed by atoms with Crippen molar-refractivity contribution in [2.24, 2.45) is 5.73 Å². The summed E-state index contributed by atoms with van der Waals surface area (Å²) in [6, 6.07) is 0. The molecule has 6 heteroatoms. The topological polar surface area (TPSA) is 77.0 Å². The minimum absolute atomic E-state index is 0.0141. The molecule has 1 heterocycles. The molecule has 0 fully saturated rings. The molecule has 0 bridgehead atoms. The van der Waals surface area contributed by atoms with Crippen molar-refractivity contribution >= 4 is 5.91 Å². The Morgan fingerprint density at radius 2 is 2.47 bits per heavy atom. The summed E-state index contributed by atoms with van der Waals surface area (Å²) in [5.41, 5.74) is 6.11. The molecule has 0 atom stereocenters. The van der Waals surface area contributed by atoms with E-state index in [-0.39, 0.29) is 12.5 Å². The van der Waals surface area contributed by atoms with Crippen LogP contribution in [0.5, 0.6) is 0 Å². The highest BCUT2D eigenvalue weighted by molar-refractivity contribution is 5.76. The van der Waals surface area contributed by atoms with Gasteiger partial charge in [-0.2, -0.15) is 0 Å². The van der Waals surface area contributed by atoms with Crippen LogP contribution in [0.25, 0.3) is 0 Å². The van der Waals surface area contributed by atoms with E-state index >= 15 is 0 Å². The number of carbonyl (C=O) groups is 1. The Hall–Kier alpha value is -1.69. The van der Waals surface area contributed by atoms with E-state index in [1.807, 2.05) is 6.92 Å². The molecule has 6 nitrogen and oxygen atoms in total. The maximum absolute atomic E-state index is 11.9. The van der Waals surface area contributed by atoms with Crippen LogP contribution >= 0.6 is 0 Å². The number of hydrogen-bond donors (Lipinski definition) is 1. The number of nitrogens with zero attached hydrogens (tertiary/aromatic N) is 4. The van der Waals surface area contributed by atoms with Crippen LogP contribution in [0, 0.1) is 0 Å². The van der Waals surface area contributed by atoms with Crippen molar-refractivity contribution in [2.45, 2.75) is 26.4 Å². The Bertz CT molecular complexity index is 374. The van der Waals surface area contributed by atoms with Gasteiger partial charge in [0.15, 0.2) is 0 Å². The summed E-state index contributed by atoms with van der Waals surface area (Å²) >= 11 is 0. The number of hydrogen-bond acceptors (Lipinski definition) is 4. The van der Waals surface area contributed by atoms with Crippen molar-refractivity contribution in [1.82, 2.24) is 19.9 Å². The molecule has 94 valence electrons. The average molecular weight is 237 g/mol. The van der Waals surface area contributed by atoms with Crippen LogP contribution in [0.2, 0.25) is 0 Å². The average Bonchev–Trinajstić information content (AvgIpc) is 2.76. The SMILES string of the molecule is C=CCN(CCC)C(=O)Cn1cc(CN)nn1. The first kappa shape index (κ1) is 13.4. The molecule has 1 rings (SSSR count). The highest BCUT2D eigenvalue weighted by atomic mass is 16.2. The Kier molecular flexibility index (Phi) is 5.35.